The standard InChI is InChI=1S/C15H24N2O/c1-4-18-14-8-6-13(7-9-14)17-11-5-10-16-12-15(17,2)3/h6-9,16H,4-5,10-12H2,1-3H3. The summed E-state index contributed by atoms with van der Waals surface area (Å²) in [6.07, 6.45) is 1.19. The highest BCUT2D eigenvalue weighted by Gasteiger charge is 2.28. The van der Waals surface area contributed by atoms with Gasteiger partial charge in [0.05, 0.1) is 6.61 Å². The van der Waals surface area contributed by atoms with Gasteiger partial charge >= 0.3 is 0 Å². The zero-order chi connectivity index (χ0) is 13.0. The lowest BCUT2D eigenvalue weighted by Gasteiger charge is -2.39. The smallest absolute Gasteiger partial charge is 0.119 e. The summed E-state index contributed by atoms with van der Waals surface area (Å²) in [6, 6.07) is 8.45. The largest absolute Gasteiger partial charge is 0.494 e. The monoisotopic (exact) mass is 248 g/mol. The number of rotatable bonds is 3. The van der Waals surface area contributed by atoms with E-state index < -0.39 is 0 Å². The molecular formula is C15H24N2O. The Morgan fingerprint density at radius 1 is 1.28 bits per heavy atom. The van der Waals surface area contributed by atoms with E-state index >= 15 is 0 Å². The fourth-order valence-electron chi connectivity index (χ4n) is 2.52. The van der Waals surface area contributed by atoms with E-state index in [0.717, 1.165) is 32.0 Å². The number of benzene rings is 1. The minimum absolute atomic E-state index is 0.156. The van der Waals surface area contributed by atoms with Crippen LogP contribution in [0.5, 0.6) is 5.75 Å². The Balaban J connectivity index is 2.17. The third kappa shape index (κ3) is 2.96. The minimum Gasteiger partial charge on any atom is -0.494 e. The van der Waals surface area contributed by atoms with Crippen LogP contribution in [-0.4, -0.2) is 31.8 Å². The number of hydrogen-bond acceptors (Lipinski definition) is 3. The fraction of sp³-hybridized carbons (Fsp3) is 0.600. The van der Waals surface area contributed by atoms with Crippen molar-refractivity contribution in [3.63, 3.8) is 0 Å². The predicted molar refractivity (Wildman–Crippen MR) is 76.5 cm³/mol. The van der Waals surface area contributed by atoms with Gasteiger partial charge in [-0.15, -0.1) is 0 Å². The Bertz CT molecular complexity index is 373. The molecule has 1 aromatic rings. The van der Waals surface area contributed by atoms with E-state index in [0.29, 0.717) is 0 Å². The molecule has 0 unspecified atom stereocenters. The highest BCUT2D eigenvalue weighted by atomic mass is 16.5. The first kappa shape index (κ1) is 13.2. The van der Waals surface area contributed by atoms with Crippen LogP contribution in [0.1, 0.15) is 27.2 Å². The molecule has 1 N–H and O–H groups in total. The first-order valence-electron chi connectivity index (χ1n) is 6.85. The van der Waals surface area contributed by atoms with Crippen molar-refractivity contribution < 1.29 is 4.74 Å². The number of ether oxygens (including phenoxy) is 1. The van der Waals surface area contributed by atoms with Gasteiger partial charge in [-0.05, 0) is 58.0 Å². The summed E-state index contributed by atoms with van der Waals surface area (Å²) in [5, 5.41) is 3.50. The van der Waals surface area contributed by atoms with E-state index in [9.17, 15) is 0 Å². The van der Waals surface area contributed by atoms with Crippen LogP contribution in [0.3, 0.4) is 0 Å². The van der Waals surface area contributed by atoms with Crippen LogP contribution < -0.4 is 15.0 Å². The first-order chi connectivity index (χ1) is 8.63. The molecule has 3 heteroatoms. The average molecular weight is 248 g/mol. The van der Waals surface area contributed by atoms with E-state index in [4.69, 9.17) is 4.74 Å². The van der Waals surface area contributed by atoms with Crippen molar-refractivity contribution >= 4 is 5.69 Å². The second kappa shape index (κ2) is 5.61. The lowest BCUT2D eigenvalue weighted by molar-refractivity contribution is 0.340. The van der Waals surface area contributed by atoms with Crippen LogP contribution in [0.4, 0.5) is 5.69 Å². The van der Waals surface area contributed by atoms with Gasteiger partial charge in [-0.1, -0.05) is 0 Å². The Morgan fingerprint density at radius 2 is 2.00 bits per heavy atom. The molecule has 1 aliphatic rings. The number of anilines is 1. The number of nitrogens with zero attached hydrogens (tertiary/aromatic N) is 1. The Morgan fingerprint density at radius 3 is 2.67 bits per heavy atom. The summed E-state index contributed by atoms with van der Waals surface area (Å²) in [5.74, 6) is 0.951. The highest BCUT2D eigenvalue weighted by molar-refractivity contribution is 5.51. The van der Waals surface area contributed by atoms with Gasteiger partial charge in [0.15, 0.2) is 0 Å². The van der Waals surface area contributed by atoms with Crippen LogP contribution in [-0.2, 0) is 0 Å². The molecule has 0 aliphatic carbocycles. The molecule has 0 atom stereocenters. The van der Waals surface area contributed by atoms with Crippen molar-refractivity contribution in [3.8, 4) is 5.75 Å². The topological polar surface area (TPSA) is 24.5 Å². The maximum absolute atomic E-state index is 5.49. The molecule has 0 spiro atoms. The first-order valence-corrected chi connectivity index (χ1v) is 6.85. The summed E-state index contributed by atoms with van der Waals surface area (Å²) in [7, 11) is 0. The van der Waals surface area contributed by atoms with Gasteiger partial charge in [0.1, 0.15) is 5.75 Å². The average Bonchev–Trinajstić information content (AvgIpc) is 2.52. The molecule has 1 aromatic carbocycles. The Labute approximate surface area is 110 Å². The third-order valence-electron chi connectivity index (χ3n) is 3.48. The minimum atomic E-state index is 0.156. The number of nitrogens with one attached hydrogen (secondary N) is 1. The van der Waals surface area contributed by atoms with E-state index in [1.807, 2.05) is 6.92 Å². The van der Waals surface area contributed by atoms with Crippen molar-refractivity contribution in [1.82, 2.24) is 5.32 Å². The van der Waals surface area contributed by atoms with Crippen LogP contribution >= 0.6 is 0 Å². The van der Waals surface area contributed by atoms with Gasteiger partial charge < -0.3 is 15.0 Å². The van der Waals surface area contributed by atoms with Crippen LogP contribution in [0.15, 0.2) is 24.3 Å². The molecule has 0 amide bonds. The van der Waals surface area contributed by atoms with E-state index in [1.54, 1.807) is 0 Å². The van der Waals surface area contributed by atoms with Crippen molar-refractivity contribution in [1.29, 1.82) is 0 Å². The fourth-order valence-corrected chi connectivity index (χ4v) is 2.52. The Kier molecular flexibility index (Phi) is 4.12. The zero-order valence-electron chi connectivity index (χ0n) is 11.7. The zero-order valence-corrected chi connectivity index (χ0v) is 11.7. The molecule has 18 heavy (non-hydrogen) atoms. The quantitative estimate of drug-likeness (QED) is 0.890. The molecule has 1 fully saturated rings. The summed E-state index contributed by atoms with van der Waals surface area (Å²) in [4.78, 5) is 2.49. The molecule has 1 heterocycles. The third-order valence-corrected chi connectivity index (χ3v) is 3.48. The lowest BCUT2D eigenvalue weighted by Crippen LogP contribution is -2.48. The van der Waals surface area contributed by atoms with Gasteiger partial charge in [0, 0.05) is 24.3 Å². The van der Waals surface area contributed by atoms with Crippen LogP contribution in [0, 0.1) is 0 Å². The molecule has 0 radical (unpaired) electrons. The molecule has 1 aliphatic heterocycles. The second-order valence-electron chi connectivity index (χ2n) is 5.42. The van der Waals surface area contributed by atoms with Gasteiger partial charge in [0.25, 0.3) is 0 Å². The maximum atomic E-state index is 5.49. The summed E-state index contributed by atoms with van der Waals surface area (Å²) < 4.78 is 5.49. The predicted octanol–water partition coefficient (Wildman–Crippen LogP) is 2.66. The van der Waals surface area contributed by atoms with Crippen molar-refractivity contribution in [2.75, 3.05) is 31.1 Å². The van der Waals surface area contributed by atoms with Gasteiger partial charge in [-0.25, -0.2) is 0 Å². The van der Waals surface area contributed by atoms with E-state index in [1.165, 1.54) is 12.1 Å². The molecule has 100 valence electrons. The summed E-state index contributed by atoms with van der Waals surface area (Å²) >= 11 is 0. The lowest BCUT2D eigenvalue weighted by atomic mass is 10.0. The van der Waals surface area contributed by atoms with Crippen LogP contribution in [0.2, 0.25) is 0 Å². The van der Waals surface area contributed by atoms with Crippen molar-refractivity contribution in [2.24, 2.45) is 0 Å². The van der Waals surface area contributed by atoms with Crippen molar-refractivity contribution in [3.05, 3.63) is 24.3 Å². The van der Waals surface area contributed by atoms with E-state index in [2.05, 4.69) is 48.3 Å². The summed E-state index contributed by atoms with van der Waals surface area (Å²) in [6.45, 7) is 10.6. The molecule has 0 saturated carbocycles. The van der Waals surface area contributed by atoms with Gasteiger partial charge in [-0.3, -0.25) is 0 Å². The molecule has 1 saturated heterocycles. The van der Waals surface area contributed by atoms with Gasteiger partial charge in [-0.2, -0.15) is 0 Å². The highest BCUT2D eigenvalue weighted by Crippen LogP contribution is 2.27. The molecule has 0 aromatic heterocycles. The van der Waals surface area contributed by atoms with Crippen molar-refractivity contribution in [2.45, 2.75) is 32.7 Å². The SMILES string of the molecule is CCOc1ccc(N2CCCNCC2(C)C)cc1. The van der Waals surface area contributed by atoms with E-state index in [-0.39, 0.29) is 5.54 Å². The maximum Gasteiger partial charge on any atom is 0.119 e. The molecule has 3 nitrogen and oxygen atoms in total. The molecule has 2 rings (SSSR count). The van der Waals surface area contributed by atoms with Crippen LogP contribution in [0.25, 0.3) is 0 Å². The Hall–Kier alpha value is -1.22. The van der Waals surface area contributed by atoms with Gasteiger partial charge in [0.2, 0.25) is 0 Å². The molecule has 0 bridgehead atoms. The summed E-state index contributed by atoms with van der Waals surface area (Å²) in [5.41, 5.74) is 1.44. The number of hydrogen-bond donors (Lipinski definition) is 1. The molecular weight excluding hydrogens is 224 g/mol. The normalized spacial score (nSPS) is 19.4. The second-order valence-corrected chi connectivity index (χ2v) is 5.42.